The average Bonchev–Trinajstić information content (AvgIpc) is 3.02. The standard InChI is InChI=1S/C16H20N2O5/c1-18(16(19)10-20-2)9-11-7-15(23-17-11)13-8-12(21-3)5-6-14(13)22-4/h5-8H,9-10H2,1-4H3. The van der Waals surface area contributed by atoms with Gasteiger partial charge in [0.05, 0.1) is 26.3 Å². The van der Waals surface area contributed by atoms with Crippen LogP contribution in [0.4, 0.5) is 0 Å². The number of nitrogens with zero attached hydrogens (tertiary/aromatic N) is 2. The van der Waals surface area contributed by atoms with Crippen molar-refractivity contribution < 1.29 is 23.5 Å². The van der Waals surface area contributed by atoms with Crippen LogP contribution in [0.25, 0.3) is 11.3 Å². The van der Waals surface area contributed by atoms with Crippen LogP contribution in [0.3, 0.4) is 0 Å². The summed E-state index contributed by atoms with van der Waals surface area (Å²) in [6, 6.07) is 7.18. The summed E-state index contributed by atoms with van der Waals surface area (Å²) in [4.78, 5) is 13.2. The lowest BCUT2D eigenvalue weighted by atomic mass is 10.1. The molecule has 0 aliphatic rings. The molecule has 1 amide bonds. The van der Waals surface area contributed by atoms with Crippen LogP contribution in [0.2, 0.25) is 0 Å². The first-order valence-corrected chi connectivity index (χ1v) is 7.00. The van der Waals surface area contributed by atoms with Gasteiger partial charge in [-0.25, -0.2) is 0 Å². The summed E-state index contributed by atoms with van der Waals surface area (Å²) in [6.45, 7) is 0.364. The molecule has 1 aromatic carbocycles. The molecule has 0 spiro atoms. The number of carbonyl (C=O) groups is 1. The summed E-state index contributed by atoms with van der Waals surface area (Å²) >= 11 is 0. The van der Waals surface area contributed by atoms with Crippen molar-refractivity contribution in [1.82, 2.24) is 10.1 Å². The molecule has 2 rings (SSSR count). The summed E-state index contributed by atoms with van der Waals surface area (Å²) in [5.74, 6) is 1.75. The minimum Gasteiger partial charge on any atom is -0.497 e. The van der Waals surface area contributed by atoms with Gasteiger partial charge in [-0.05, 0) is 18.2 Å². The number of carbonyl (C=O) groups excluding carboxylic acids is 1. The summed E-state index contributed by atoms with van der Waals surface area (Å²) in [5.41, 5.74) is 1.37. The highest BCUT2D eigenvalue weighted by atomic mass is 16.5. The molecule has 1 heterocycles. The van der Waals surface area contributed by atoms with Gasteiger partial charge in [-0.3, -0.25) is 4.79 Å². The Hall–Kier alpha value is -2.54. The summed E-state index contributed by atoms with van der Waals surface area (Å²) in [6.07, 6.45) is 0. The number of amides is 1. The van der Waals surface area contributed by atoms with E-state index in [1.54, 1.807) is 39.5 Å². The van der Waals surface area contributed by atoms with Crippen LogP contribution in [0, 0.1) is 0 Å². The Balaban J connectivity index is 2.20. The first-order valence-electron chi connectivity index (χ1n) is 7.00. The van der Waals surface area contributed by atoms with Crippen LogP contribution >= 0.6 is 0 Å². The minimum atomic E-state index is -0.129. The molecule has 7 heteroatoms. The second kappa shape index (κ2) is 7.64. The lowest BCUT2D eigenvalue weighted by molar-refractivity contribution is -0.134. The summed E-state index contributed by atoms with van der Waals surface area (Å²) < 4.78 is 20.8. The van der Waals surface area contributed by atoms with Gasteiger partial charge >= 0.3 is 0 Å². The highest BCUT2D eigenvalue weighted by molar-refractivity contribution is 5.77. The lowest BCUT2D eigenvalue weighted by Crippen LogP contribution is -2.29. The molecule has 0 saturated carbocycles. The van der Waals surface area contributed by atoms with Crippen molar-refractivity contribution in [1.29, 1.82) is 0 Å². The van der Waals surface area contributed by atoms with E-state index in [2.05, 4.69) is 5.16 Å². The fourth-order valence-electron chi connectivity index (χ4n) is 2.08. The average molecular weight is 320 g/mol. The van der Waals surface area contributed by atoms with Gasteiger partial charge in [0.1, 0.15) is 23.8 Å². The van der Waals surface area contributed by atoms with E-state index in [0.29, 0.717) is 29.5 Å². The third kappa shape index (κ3) is 4.01. The van der Waals surface area contributed by atoms with Crippen molar-refractivity contribution in [2.24, 2.45) is 0 Å². The zero-order chi connectivity index (χ0) is 16.8. The highest BCUT2D eigenvalue weighted by Gasteiger charge is 2.16. The normalized spacial score (nSPS) is 10.4. The molecule has 0 radical (unpaired) electrons. The largest absolute Gasteiger partial charge is 0.497 e. The molecule has 124 valence electrons. The van der Waals surface area contributed by atoms with Crippen LogP contribution in [-0.4, -0.2) is 50.9 Å². The van der Waals surface area contributed by atoms with Crippen LogP contribution in [0.1, 0.15) is 5.69 Å². The van der Waals surface area contributed by atoms with Gasteiger partial charge in [0.2, 0.25) is 5.91 Å². The van der Waals surface area contributed by atoms with Gasteiger partial charge in [-0.1, -0.05) is 5.16 Å². The van der Waals surface area contributed by atoms with Crippen LogP contribution in [-0.2, 0) is 16.1 Å². The first kappa shape index (κ1) is 16.8. The Morgan fingerprint density at radius 2 is 2.00 bits per heavy atom. The Morgan fingerprint density at radius 3 is 2.65 bits per heavy atom. The van der Waals surface area contributed by atoms with Gasteiger partial charge in [-0.15, -0.1) is 0 Å². The third-order valence-corrected chi connectivity index (χ3v) is 3.32. The molecule has 7 nitrogen and oxygen atoms in total. The van der Waals surface area contributed by atoms with Crippen molar-refractivity contribution >= 4 is 5.91 Å². The second-order valence-electron chi connectivity index (χ2n) is 4.93. The number of methoxy groups -OCH3 is 3. The topological polar surface area (TPSA) is 74.0 Å². The lowest BCUT2D eigenvalue weighted by Gasteiger charge is -2.14. The zero-order valence-corrected chi connectivity index (χ0v) is 13.7. The number of likely N-dealkylation sites (N-methyl/N-ethyl adjacent to an activating group) is 1. The fraction of sp³-hybridized carbons (Fsp3) is 0.375. The molecule has 1 aromatic heterocycles. The fourth-order valence-corrected chi connectivity index (χ4v) is 2.08. The molecular weight excluding hydrogens is 300 g/mol. The highest BCUT2D eigenvalue weighted by Crippen LogP contribution is 2.33. The Morgan fingerprint density at radius 1 is 1.22 bits per heavy atom. The number of aromatic nitrogens is 1. The molecule has 0 aliphatic carbocycles. The summed E-state index contributed by atoms with van der Waals surface area (Å²) in [5, 5.41) is 4.00. The number of rotatable bonds is 7. The quantitative estimate of drug-likeness (QED) is 0.776. The van der Waals surface area contributed by atoms with E-state index in [1.165, 1.54) is 12.0 Å². The van der Waals surface area contributed by atoms with Crippen LogP contribution in [0.5, 0.6) is 11.5 Å². The van der Waals surface area contributed by atoms with Gasteiger partial charge in [0, 0.05) is 20.2 Å². The molecule has 2 aromatic rings. The molecule has 0 fully saturated rings. The van der Waals surface area contributed by atoms with Gasteiger partial charge in [0.25, 0.3) is 0 Å². The van der Waals surface area contributed by atoms with E-state index in [1.807, 2.05) is 6.07 Å². The zero-order valence-electron chi connectivity index (χ0n) is 13.7. The van der Waals surface area contributed by atoms with Crippen LogP contribution < -0.4 is 9.47 Å². The Labute approximate surface area is 134 Å². The first-order chi connectivity index (χ1) is 11.1. The van der Waals surface area contributed by atoms with Crippen molar-refractivity contribution in [3.8, 4) is 22.8 Å². The third-order valence-electron chi connectivity index (χ3n) is 3.32. The SMILES string of the molecule is COCC(=O)N(C)Cc1cc(-c2cc(OC)ccc2OC)on1. The molecule has 0 atom stereocenters. The molecule has 23 heavy (non-hydrogen) atoms. The molecule has 0 unspecified atom stereocenters. The van der Waals surface area contributed by atoms with Crippen molar-refractivity contribution in [2.75, 3.05) is 35.0 Å². The minimum absolute atomic E-state index is 0.0327. The maximum absolute atomic E-state index is 11.7. The molecule has 0 bridgehead atoms. The molecule has 0 aliphatic heterocycles. The van der Waals surface area contributed by atoms with Gasteiger partial charge in [-0.2, -0.15) is 0 Å². The van der Waals surface area contributed by atoms with E-state index >= 15 is 0 Å². The van der Waals surface area contributed by atoms with Gasteiger partial charge in [0.15, 0.2) is 5.76 Å². The van der Waals surface area contributed by atoms with Crippen molar-refractivity contribution in [2.45, 2.75) is 6.54 Å². The maximum atomic E-state index is 11.7. The predicted octanol–water partition coefficient (Wildman–Crippen LogP) is 1.96. The Bertz CT molecular complexity index is 668. The number of hydrogen-bond acceptors (Lipinski definition) is 6. The molecule has 0 N–H and O–H groups in total. The van der Waals surface area contributed by atoms with Crippen LogP contribution in [0.15, 0.2) is 28.8 Å². The molecular formula is C16H20N2O5. The van der Waals surface area contributed by atoms with Crippen molar-refractivity contribution in [3.63, 3.8) is 0 Å². The van der Waals surface area contributed by atoms with E-state index in [-0.39, 0.29) is 12.5 Å². The molecule has 0 saturated heterocycles. The van der Waals surface area contributed by atoms with Crippen molar-refractivity contribution in [3.05, 3.63) is 30.0 Å². The summed E-state index contributed by atoms with van der Waals surface area (Å²) in [7, 11) is 6.34. The van der Waals surface area contributed by atoms with E-state index in [0.717, 1.165) is 5.56 Å². The van der Waals surface area contributed by atoms with Gasteiger partial charge < -0.3 is 23.6 Å². The van der Waals surface area contributed by atoms with E-state index in [4.69, 9.17) is 18.7 Å². The number of ether oxygens (including phenoxy) is 3. The number of hydrogen-bond donors (Lipinski definition) is 0. The van der Waals surface area contributed by atoms with E-state index < -0.39 is 0 Å². The predicted molar refractivity (Wildman–Crippen MR) is 83.4 cm³/mol. The van der Waals surface area contributed by atoms with E-state index in [9.17, 15) is 4.79 Å². The Kier molecular flexibility index (Phi) is 5.59. The smallest absolute Gasteiger partial charge is 0.248 e. The monoisotopic (exact) mass is 320 g/mol. The number of benzene rings is 1. The maximum Gasteiger partial charge on any atom is 0.248 e. The second-order valence-corrected chi connectivity index (χ2v) is 4.93.